The summed E-state index contributed by atoms with van der Waals surface area (Å²) >= 11 is 0. The van der Waals surface area contributed by atoms with Crippen molar-refractivity contribution in [2.75, 3.05) is 67.7 Å². The maximum atomic E-state index is 6.06. The van der Waals surface area contributed by atoms with Gasteiger partial charge in [-0.05, 0) is 35.2 Å². The molecule has 1 N–H and O–H groups in total. The van der Waals surface area contributed by atoms with Crippen molar-refractivity contribution in [3.05, 3.63) is 53.6 Å². The second-order valence-corrected chi connectivity index (χ2v) is 9.91. The summed E-state index contributed by atoms with van der Waals surface area (Å²) in [6.45, 7) is 10.7. The van der Waals surface area contributed by atoms with Crippen LogP contribution in [0.3, 0.4) is 0 Å². The molecule has 0 unspecified atom stereocenters. The Morgan fingerprint density at radius 1 is 0.789 bits per heavy atom. The maximum absolute atomic E-state index is 6.06. The smallest absolute Gasteiger partial charge is 0.295 e. The molecule has 2 aromatic heterocycles. The molecule has 6 rings (SSSR count). The Kier molecular flexibility index (Phi) is 7.06. The van der Waals surface area contributed by atoms with Gasteiger partial charge >= 0.3 is 0 Å². The molecule has 0 aliphatic carbocycles. The van der Waals surface area contributed by atoms with E-state index in [9.17, 15) is 0 Å². The first-order valence-corrected chi connectivity index (χ1v) is 13.3. The third-order valence-electron chi connectivity index (χ3n) is 6.94. The van der Waals surface area contributed by atoms with E-state index in [1.807, 2.05) is 18.2 Å². The van der Waals surface area contributed by atoms with Crippen LogP contribution in [0, 0.1) is 0 Å². The van der Waals surface area contributed by atoms with Gasteiger partial charge in [0.25, 0.3) is 6.01 Å². The fourth-order valence-electron chi connectivity index (χ4n) is 4.63. The van der Waals surface area contributed by atoms with Crippen LogP contribution < -0.4 is 15.1 Å². The van der Waals surface area contributed by atoms with E-state index in [0.717, 1.165) is 37.3 Å². The summed E-state index contributed by atoms with van der Waals surface area (Å²) in [6.07, 6.45) is 0. The summed E-state index contributed by atoms with van der Waals surface area (Å²) in [6, 6.07) is 15.0. The number of hydrogen-bond donors (Lipinski definition) is 1. The lowest BCUT2D eigenvalue weighted by molar-refractivity contribution is 0.121. The van der Waals surface area contributed by atoms with E-state index >= 15 is 0 Å². The molecule has 0 amide bonds. The molecule has 0 spiro atoms. The third-order valence-corrected chi connectivity index (χ3v) is 6.94. The van der Waals surface area contributed by atoms with Crippen LogP contribution in [-0.4, -0.2) is 72.5 Å². The number of nitrogens with zero attached hydrogens (tertiary/aromatic N) is 6. The van der Waals surface area contributed by atoms with E-state index in [2.05, 4.69) is 58.2 Å². The molecule has 0 bridgehead atoms. The lowest BCUT2D eigenvalue weighted by Crippen LogP contribution is -2.40. The van der Waals surface area contributed by atoms with Gasteiger partial charge in [0.2, 0.25) is 11.9 Å². The highest BCUT2D eigenvalue weighted by Gasteiger charge is 2.21. The maximum Gasteiger partial charge on any atom is 0.295 e. The number of aromatic nitrogens is 4. The van der Waals surface area contributed by atoms with Gasteiger partial charge in [-0.25, -0.2) is 0 Å². The van der Waals surface area contributed by atoms with E-state index in [0.29, 0.717) is 68.2 Å². The molecule has 0 saturated carbocycles. The molecule has 0 radical (unpaired) electrons. The monoisotopic (exact) mass is 515 g/mol. The van der Waals surface area contributed by atoms with Crippen molar-refractivity contribution in [3.63, 3.8) is 0 Å². The second kappa shape index (κ2) is 10.9. The van der Waals surface area contributed by atoms with Crippen LogP contribution >= 0.6 is 0 Å². The van der Waals surface area contributed by atoms with Crippen molar-refractivity contribution in [1.29, 1.82) is 0 Å². The van der Waals surface area contributed by atoms with Crippen molar-refractivity contribution in [2.24, 2.45) is 0 Å². The minimum atomic E-state index is 0.490. The first-order chi connectivity index (χ1) is 18.6. The number of morpholine rings is 2. The zero-order valence-electron chi connectivity index (χ0n) is 21.9. The van der Waals surface area contributed by atoms with Gasteiger partial charge in [0.05, 0.1) is 26.4 Å². The minimum absolute atomic E-state index is 0.490. The Balaban J connectivity index is 1.25. The Hall–Kier alpha value is -3.76. The Morgan fingerprint density at radius 3 is 2.03 bits per heavy atom. The minimum Gasteiger partial charge on any atom is -0.424 e. The van der Waals surface area contributed by atoms with Gasteiger partial charge in [-0.1, -0.05) is 38.1 Å². The first kappa shape index (κ1) is 24.6. The normalized spacial score (nSPS) is 16.4. The average Bonchev–Trinajstić information content (AvgIpc) is 3.39. The fourth-order valence-corrected chi connectivity index (χ4v) is 4.63. The van der Waals surface area contributed by atoms with Crippen LogP contribution in [0.4, 0.5) is 17.9 Å². The van der Waals surface area contributed by atoms with Crippen LogP contribution in [0.5, 0.6) is 0 Å². The van der Waals surface area contributed by atoms with Crippen molar-refractivity contribution < 1.29 is 13.9 Å². The molecule has 10 heteroatoms. The number of ether oxygens (including phenoxy) is 2. The lowest BCUT2D eigenvalue weighted by atomic mass is 10.0. The van der Waals surface area contributed by atoms with Crippen LogP contribution in [0.15, 0.2) is 46.9 Å². The fraction of sp³-hybridized carbons (Fsp3) is 0.429. The molecule has 38 heavy (non-hydrogen) atoms. The SMILES string of the molecule is CC(C)c1ccc(CNc2nc3ccc(-c4nc(N5CCOCC5)nc(N5CCOCC5)n4)cc3o2)cc1. The zero-order valence-corrected chi connectivity index (χ0v) is 21.9. The predicted octanol–water partition coefficient (Wildman–Crippen LogP) is 4.09. The van der Waals surface area contributed by atoms with E-state index in [-0.39, 0.29) is 0 Å². The lowest BCUT2D eigenvalue weighted by Gasteiger charge is -2.30. The molecule has 10 nitrogen and oxygen atoms in total. The number of hydrogen-bond acceptors (Lipinski definition) is 10. The number of nitrogens with one attached hydrogen (secondary N) is 1. The summed E-state index contributed by atoms with van der Waals surface area (Å²) in [5.41, 5.74) is 4.82. The Morgan fingerprint density at radius 2 is 1.42 bits per heavy atom. The molecule has 198 valence electrons. The van der Waals surface area contributed by atoms with Crippen molar-refractivity contribution in [2.45, 2.75) is 26.3 Å². The van der Waals surface area contributed by atoms with Crippen LogP contribution in [0.2, 0.25) is 0 Å². The highest BCUT2D eigenvalue weighted by molar-refractivity contribution is 5.80. The average molecular weight is 516 g/mol. The molecular formula is C28H33N7O3. The summed E-state index contributed by atoms with van der Waals surface area (Å²) in [5, 5.41) is 3.31. The highest BCUT2D eigenvalue weighted by Crippen LogP contribution is 2.27. The number of benzene rings is 2. The Bertz CT molecular complexity index is 1340. The van der Waals surface area contributed by atoms with E-state index in [1.165, 1.54) is 11.1 Å². The predicted molar refractivity (Wildman–Crippen MR) is 147 cm³/mol. The van der Waals surface area contributed by atoms with E-state index in [4.69, 9.17) is 28.8 Å². The number of anilines is 3. The number of oxazole rings is 1. The summed E-state index contributed by atoms with van der Waals surface area (Å²) in [7, 11) is 0. The third kappa shape index (κ3) is 5.41. The Labute approximate surface area is 222 Å². The van der Waals surface area contributed by atoms with Gasteiger partial charge in [-0.15, -0.1) is 0 Å². The molecule has 2 aliphatic heterocycles. The van der Waals surface area contributed by atoms with Gasteiger partial charge in [0.1, 0.15) is 5.52 Å². The topological polar surface area (TPSA) is 102 Å². The molecule has 2 saturated heterocycles. The van der Waals surface area contributed by atoms with Gasteiger partial charge in [-0.2, -0.15) is 19.9 Å². The van der Waals surface area contributed by atoms with Gasteiger partial charge < -0.3 is 29.0 Å². The van der Waals surface area contributed by atoms with Crippen LogP contribution in [-0.2, 0) is 16.0 Å². The second-order valence-electron chi connectivity index (χ2n) is 9.91. The van der Waals surface area contributed by atoms with Gasteiger partial charge in [-0.3, -0.25) is 0 Å². The molecule has 0 atom stereocenters. The summed E-state index contributed by atoms with van der Waals surface area (Å²) in [4.78, 5) is 23.4. The quantitative estimate of drug-likeness (QED) is 0.387. The summed E-state index contributed by atoms with van der Waals surface area (Å²) in [5.74, 6) is 2.47. The molecule has 4 aromatic rings. The van der Waals surface area contributed by atoms with Crippen LogP contribution in [0.1, 0.15) is 30.9 Å². The largest absolute Gasteiger partial charge is 0.424 e. The van der Waals surface area contributed by atoms with Crippen molar-refractivity contribution in [3.8, 4) is 11.4 Å². The zero-order chi connectivity index (χ0) is 25.9. The standard InChI is InChI=1S/C28H33N7O3/c1-19(2)21-5-3-20(4-6-21)18-29-28-30-23-8-7-22(17-24(23)38-28)25-31-26(34-9-13-36-14-10-34)33-27(32-25)35-11-15-37-16-12-35/h3-8,17,19H,9-16,18H2,1-2H3,(H,29,30). The van der Waals surface area contributed by atoms with Crippen LogP contribution in [0.25, 0.3) is 22.5 Å². The highest BCUT2D eigenvalue weighted by atomic mass is 16.5. The van der Waals surface area contributed by atoms with E-state index in [1.54, 1.807) is 0 Å². The molecule has 2 fully saturated rings. The van der Waals surface area contributed by atoms with Gasteiger partial charge in [0.15, 0.2) is 11.4 Å². The van der Waals surface area contributed by atoms with Crippen molar-refractivity contribution >= 4 is 29.0 Å². The molecule has 2 aliphatic rings. The summed E-state index contributed by atoms with van der Waals surface area (Å²) < 4.78 is 17.1. The van der Waals surface area contributed by atoms with Gasteiger partial charge in [0, 0.05) is 38.3 Å². The molecule has 4 heterocycles. The number of rotatable bonds is 7. The van der Waals surface area contributed by atoms with E-state index < -0.39 is 0 Å². The molecule has 2 aromatic carbocycles. The number of fused-ring (bicyclic) bond motifs is 1. The molecular weight excluding hydrogens is 482 g/mol. The van der Waals surface area contributed by atoms with Crippen molar-refractivity contribution in [1.82, 2.24) is 19.9 Å². The first-order valence-electron chi connectivity index (χ1n) is 13.3.